The van der Waals surface area contributed by atoms with E-state index in [-0.39, 0.29) is 6.04 Å². The van der Waals surface area contributed by atoms with Crippen LogP contribution < -0.4 is 11.1 Å². The number of aromatic amines is 1. The molecule has 7 rings (SSSR count). The molecule has 4 aromatic heterocycles. The second kappa shape index (κ2) is 6.95. The molecule has 2 aliphatic rings. The van der Waals surface area contributed by atoms with Gasteiger partial charge < -0.3 is 16.0 Å². The Labute approximate surface area is 189 Å². The van der Waals surface area contributed by atoms with Gasteiger partial charge in [-0.05, 0) is 30.5 Å². The number of rotatable bonds is 4. The van der Waals surface area contributed by atoms with Gasteiger partial charge in [-0.15, -0.1) is 0 Å². The van der Waals surface area contributed by atoms with Crippen LogP contribution >= 0.6 is 0 Å². The molecular formula is C26H21N7. The number of nitrogens with zero attached hydrogens (tertiary/aromatic N) is 4. The van der Waals surface area contributed by atoms with Crippen LogP contribution in [0.25, 0.3) is 49.8 Å². The van der Waals surface area contributed by atoms with Crippen LogP contribution in [-0.2, 0) is 0 Å². The highest BCUT2D eigenvalue weighted by Crippen LogP contribution is 2.37. The molecule has 0 bridgehead atoms. The second-order valence-corrected chi connectivity index (χ2v) is 8.78. The molecule has 0 spiro atoms. The van der Waals surface area contributed by atoms with Gasteiger partial charge in [0.05, 0.1) is 17.1 Å². The number of benzene rings is 1. The van der Waals surface area contributed by atoms with Crippen molar-refractivity contribution >= 4 is 44.2 Å². The number of para-hydroxylation sites is 1. The van der Waals surface area contributed by atoms with Crippen molar-refractivity contribution in [3.05, 3.63) is 72.7 Å². The molecule has 2 aliphatic carbocycles. The van der Waals surface area contributed by atoms with Gasteiger partial charge in [0.2, 0.25) is 0 Å². The van der Waals surface area contributed by atoms with E-state index >= 15 is 0 Å². The van der Waals surface area contributed by atoms with Crippen molar-refractivity contribution in [2.45, 2.75) is 24.9 Å². The summed E-state index contributed by atoms with van der Waals surface area (Å²) in [4.78, 5) is 22.5. The normalized spacial score (nSPS) is 19.5. The molecule has 4 heterocycles. The van der Waals surface area contributed by atoms with Crippen LogP contribution in [0, 0.1) is 0 Å². The van der Waals surface area contributed by atoms with Gasteiger partial charge in [-0.1, -0.05) is 36.4 Å². The van der Waals surface area contributed by atoms with E-state index in [1.807, 2.05) is 36.7 Å². The first kappa shape index (κ1) is 18.5. The molecule has 1 fully saturated rings. The summed E-state index contributed by atoms with van der Waals surface area (Å²) in [5.74, 6) is 1.48. The molecule has 1 saturated carbocycles. The molecule has 1 aromatic carbocycles. The first-order valence-corrected chi connectivity index (χ1v) is 11.2. The summed E-state index contributed by atoms with van der Waals surface area (Å²) < 4.78 is 0. The number of nitrogens with two attached hydrogens (primary N) is 1. The molecule has 0 amide bonds. The minimum atomic E-state index is 0.250. The number of hydrogen-bond acceptors (Lipinski definition) is 6. The Morgan fingerprint density at radius 2 is 1.88 bits per heavy atom. The van der Waals surface area contributed by atoms with Crippen molar-refractivity contribution in [3.8, 4) is 11.4 Å². The Bertz CT molecular complexity index is 1620. The molecule has 0 aliphatic heterocycles. The average molecular weight is 432 g/mol. The lowest BCUT2D eigenvalue weighted by molar-refractivity contribution is 0.373. The van der Waals surface area contributed by atoms with Crippen molar-refractivity contribution in [1.82, 2.24) is 24.9 Å². The third kappa shape index (κ3) is 2.86. The van der Waals surface area contributed by atoms with Gasteiger partial charge >= 0.3 is 0 Å². The fourth-order valence-electron chi connectivity index (χ4n) is 4.83. The average Bonchev–Trinajstić information content (AvgIpc) is 3.15. The minimum Gasteiger partial charge on any atom is -0.367 e. The third-order valence-electron chi connectivity index (χ3n) is 6.63. The number of hydrogen-bond donors (Lipinski definition) is 3. The highest BCUT2D eigenvalue weighted by Gasteiger charge is 2.28. The van der Waals surface area contributed by atoms with E-state index in [0.29, 0.717) is 11.9 Å². The van der Waals surface area contributed by atoms with Gasteiger partial charge in [-0.25, -0.2) is 15.0 Å². The van der Waals surface area contributed by atoms with Gasteiger partial charge in [-0.2, -0.15) is 0 Å². The quantitative estimate of drug-likeness (QED) is 0.385. The zero-order chi connectivity index (χ0) is 21.9. The molecule has 160 valence electrons. The lowest BCUT2D eigenvalue weighted by Crippen LogP contribution is -2.44. The lowest BCUT2D eigenvalue weighted by atomic mass is 9.87. The van der Waals surface area contributed by atoms with Gasteiger partial charge in [0.15, 0.2) is 5.82 Å². The maximum atomic E-state index is 6.06. The predicted molar refractivity (Wildman–Crippen MR) is 132 cm³/mol. The number of anilines is 1. The number of allylic oxidation sites excluding steroid dienone is 4. The Kier molecular flexibility index (Phi) is 3.89. The van der Waals surface area contributed by atoms with Gasteiger partial charge in [0.1, 0.15) is 11.5 Å². The zero-order valence-corrected chi connectivity index (χ0v) is 17.8. The Morgan fingerprint density at radius 3 is 2.70 bits per heavy atom. The van der Waals surface area contributed by atoms with Crippen LogP contribution in [0.5, 0.6) is 0 Å². The summed E-state index contributed by atoms with van der Waals surface area (Å²) >= 11 is 0. The molecule has 0 atom stereocenters. The molecule has 7 nitrogen and oxygen atoms in total. The number of nitrogens with one attached hydrogen (secondary N) is 2. The smallest absolute Gasteiger partial charge is 0.163 e. The Morgan fingerprint density at radius 1 is 1.00 bits per heavy atom. The first-order chi connectivity index (χ1) is 16.2. The Hall–Kier alpha value is -4.10. The fourth-order valence-corrected chi connectivity index (χ4v) is 4.83. The number of H-pyrrole nitrogens is 1. The summed E-state index contributed by atoms with van der Waals surface area (Å²) in [7, 11) is 0. The second-order valence-electron chi connectivity index (χ2n) is 8.78. The van der Waals surface area contributed by atoms with E-state index in [1.165, 1.54) is 0 Å². The van der Waals surface area contributed by atoms with E-state index in [0.717, 1.165) is 68.2 Å². The van der Waals surface area contributed by atoms with E-state index in [9.17, 15) is 0 Å². The van der Waals surface area contributed by atoms with E-state index in [1.54, 1.807) is 6.20 Å². The lowest BCUT2D eigenvalue weighted by Gasteiger charge is -2.34. The first-order valence-electron chi connectivity index (χ1n) is 11.2. The highest BCUT2D eigenvalue weighted by atomic mass is 15.1. The van der Waals surface area contributed by atoms with Crippen molar-refractivity contribution in [2.75, 3.05) is 5.32 Å². The number of aromatic nitrogens is 5. The van der Waals surface area contributed by atoms with Crippen molar-refractivity contribution in [1.29, 1.82) is 0 Å². The van der Waals surface area contributed by atoms with Gasteiger partial charge in [-0.3, -0.25) is 4.98 Å². The highest BCUT2D eigenvalue weighted by molar-refractivity contribution is 6.12. The molecule has 0 radical (unpaired) electrons. The largest absolute Gasteiger partial charge is 0.367 e. The van der Waals surface area contributed by atoms with Gasteiger partial charge in [0.25, 0.3) is 0 Å². The molecule has 5 aromatic rings. The molecule has 0 saturated heterocycles. The summed E-state index contributed by atoms with van der Waals surface area (Å²) in [5, 5.41) is 6.78. The Balaban J connectivity index is 1.48. The van der Waals surface area contributed by atoms with E-state index in [4.69, 9.17) is 15.7 Å². The molecule has 0 unspecified atom stereocenters. The standard InChI is InChI=1S/C26H21N7/c27-15-10-16(11-15)30-26-23-19(14-4-3-5-14)12-28-13-21(23)32-24(33-26)18-8-9-29-25-22(18)17-6-1-2-7-20(17)31-25/h1-9,12-13,15-16H,10-11,27H2,(H,29,31)(H,30,32,33). The number of fused-ring (bicyclic) bond motifs is 4. The SMILES string of the molecule is NC1CC(Nc2nc(-c3ccnc4[nH]c5ccccc5c34)nc3cncc(C4=CC=C4)c23)C1. The van der Waals surface area contributed by atoms with Crippen molar-refractivity contribution < 1.29 is 0 Å². The van der Waals surface area contributed by atoms with Crippen LogP contribution in [0.1, 0.15) is 18.4 Å². The van der Waals surface area contributed by atoms with Crippen LogP contribution in [0.4, 0.5) is 5.82 Å². The fraction of sp³-hybridized carbons (Fsp3) is 0.154. The zero-order valence-electron chi connectivity index (χ0n) is 17.8. The van der Waals surface area contributed by atoms with Crippen LogP contribution in [0.2, 0.25) is 0 Å². The summed E-state index contributed by atoms with van der Waals surface area (Å²) in [6.45, 7) is 0. The van der Waals surface area contributed by atoms with Crippen molar-refractivity contribution in [2.24, 2.45) is 5.73 Å². The van der Waals surface area contributed by atoms with Crippen molar-refractivity contribution in [3.63, 3.8) is 0 Å². The molecular weight excluding hydrogens is 410 g/mol. The van der Waals surface area contributed by atoms with Gasteiger partial charge in [0, 0.05) is 51.9 Å². The van der Waals surface area contributed by atoms with E-state index < -0.39 is 0 Å². The molecule has 4 N–H and O–H groups in total. The minimum absolute atomic E-state index is 0.250. The van der Waals surface area contributed by atoms with Crippen LogP contribution in [-0.4, -0.2) is 37.0 Å². The van der Waals surface area contributed by atoms with E-state index in [2.05, 4.69) is 44.6 Å². The topological polar surface area (TPSA) is 105 Å². The number of pyridine rings is 2. The monoisotopic (exact) mass is 431 g/mol. The third-order valence-corrected chi connectivity index (χ3v) is 6.63. The van der Waals surface area contributed by atoms with Crippen LogP contribution in [0.3, 0.4) is 0 Å². The predicted octanol–water partition coefficient (Wildman–Crippen LogP) is 4.58. The maximum absolute atomic E-state index is 6.06. The van der Waals surface area contributed by atoms with Crippen LogP contribution in [0.15, 0.2) is 67.2 Å². The molecule has 33 heavy (non-hydrogen) atoms. The summed E-state index contributed by atoms with van der Waals surface area (Å²) in [5.41, 5.74) is 11.9. The maximum Gasteiger partial charge on any atom is 0.163 e. The summed E-state index contributed by atoms with van der Waals surface area (Å²) in [6, 6.07) is 10.8. The molecule has 7 heteroatoms. The summed E-state index contributed by atoms with van der Waals surface area (Å²) in [6.07, 6.45) is 13.6.